The molecule has 1 aromatic heterocycles. The van der Waals surface area contributed by atoms with Gasteiger partial charge in [-0.25, -0.2) is 18.6 Å². The van der Waals surface area contributed by atoms with Gasteiger partial charge in [0.05, 0.1) is 12.2 Å². The maximum atomic E-state index is 14.5. The molecule has 2 aliphatic rings. The van der Waals surface area contributed by atoms with E-state index < -0.39 is 17.2 Å². The molecule has 0 spiro atoms. The highest BCUT2D eigenvalue weighted by atomic mass is 19.1. The van der Waals surface area contributed by atoms with E-state index in [4.69, 9.17) is 9.73 Å². The topological polar surface area (TPSA) is 75.1 Å². The maximum absolute atomic E-state index is 14.5. The highest BCUT2D eigenvalue weighted by molar-refractivity contribution is 6.16. The molecular weight excluding hydrogens is 586 g/mol. The summed E-state index contributed by atoms with van der Waals surface area (Å²) in [4.78, 5) is 40.4. The molecule has 0 saturated carbocycles. The Morgan fingerprint density at radius 3 is 2.17 bits per heavy atom. The van der Waals surface area contributed by atoms with Crippen molar-refractivity contribution in [1.82, 2.24) is 14.8 Å². The Morgan fingerprint density at radius 2 is 1.57 bits per heavy atom. The number of aromatic nitrogens is 1. The zero-order valence-corrected chi connectivity index (χ0v) is 25.7. The van der Waals surface area contributed by atoms with Gasteiger partial charge in [-0.3, -0.25) is 14.7 Å². The van der Waals surface area contributed by atoms with Gasteiger partial charge in [-0.15, -0.1) is 0 Å². The Kier molecular flexibility index (Phi) is 9.30. The molecule has 0 atom stereocenters. The molecule has 46 heavy (non-hydrogen) atoms. The van der Waals surface area contributed by atoms with Crippen molar-refractivity contribution >= 4 is 17.7 Å². The fraction of sp³-hybridized carbons (Fsp3) is 0.297. The van der Waals surface area contributed by atoms with E-state index in [-0.39, 0.29) is 11.9 Å². The number of rotatable bonds is 10. The van der Waals surface area contributed by atoms with Gasteiger partial charge in [0.25, 0.3) is 5.91 Å². The average Bonchev–Trinajstić information content (AvgIpc) is 3.38. The molecule has 0 aliphatic carbocycles. The van der Waals surface area contributed by atoms with Crippen LogP contribution in [0.3, 0.4) is 0 Å². The molecule has 2 aliphatic heterocycles. The van der Waals surface area contributed by atoms with Crippen molar-refractivity contribution < 1.29 is 23.1 Å². The van der Waals surface area contributed by atoms with Crippen LogP contribution in [0, 0.1) is 11.6 Å². The molecule has 7 nitrogen and oxygen atoms in total. The van der Waals surface area contributed by atoms with Gasteiger partial charge in [0.15, 0.2) is 11.4 Å². The third kappa shape index (κ3) is 6.33. The number of amides is 1. The molecule has 0 radical (unpaired) electrons. The molecule has 0 bridgehead atoms. The van der Waals surface area contributed by atoms with Crippen LogP contribution < -0.4 is 0 Å². The lowest BCUT2D eigenvalue weighted by atomic mass is 9.82. The number of ether oxygens (including phenoxy) is 1. The van der Waals surface area contributed by atoms with Crippen LogP contribution in [0.25, 0.3) is 0 Å². The SMILES string of the molecule is CCOC(=O)c1cccc(C2CCN(CCCN3C(=O)C(c4ccc(F)cc4)(c4ccc(F)cc4)N=C3c3ccccn3)CC2)c1. The first kappa shape index (κ1) is 31.2. The summed E-state index contributed by atoms with van der Waals surface area (Å²) in [7, 11) is 0. The number of esters is 1. The summed E-state index contributed by atoms with van der Waals surface area (Å²) in [6.07, 6.45) is 4.29. The maximum Gasteiger partial charge on any atom is 0.338 e. The first-order valence-corrected chi connectivity index (χ1v) is 15.7. The van der Waals surface area contributed by atoms with E-state index in [2.05, 4.69) is 16.0 Å². The number of halogens is 2. The molecule has 6 rings (SSSR count). The van der Waals surface area contributed by atoms with Crippen LogP contribution in [0.1, 0.15) is 64.8 Å². The highest BCUT2D eigenvalue weighted by Crippen LogP contribution is 2.41. The Hall–Kier alpha value is -4.76. The normalized spacial score (nSPS) is 16.8. The number of likely N-dealkylation sites (tertiary alicyclic amines) is 1. The smallest absolute Gasteiger partial charge is 0.338 e. The molecule has 1 amide bonds. The van der Waals surface area contributed by atoms with Gasteiger partial charge in [0.1, 0.15) is 17.3 Å². The highest BCUT2D eigenvalue weighted by Gasteiger charge is 2.51. The second-order valence-electron chi connectivity index (χ2n) is 11.6. The zero-order valence-electron chi connectivity index (χ0n) is 25.7. The van der Waals surface area contributed by atoms with E-state index in [9.17, 15) is 18.4 Å². The van der Waals surface area contributed by atoms with Crippen molar-refractivity contribution in [3.8, 4) is 0 Å². The number of pyridine rings is 1. The minimum Gasteiger partial charge on any atom is -0.462 e. The lowest BCUT2D eigenvalue weighted by Gasteiger charge is -2.33. The van der Waals surface area contributed by atoms with Gasteiger partial charge in [-0.1, -0.05) is 42.5 Å². The second-order valence-corrected chi connectivity index (χ2v) is 11.6. The Balaban J connectivity index is 1.19. The molecule has 0 unspecified atom stereocenters. The molecule has 0 N–H and O–H groups in total. The van der Waals surface area contributed by atoms with Crippen LogP contribution in [0.15, 0.2) is 102 Å². The van der Waals surface area contributed by atoms with Crippen molar-refractivity contribution in [1.29, 1.82) is 0 Å². The summed E-state index contributed by atoms with van der Waals surface area (Å²) >= 11 is 0. The van der Waals surface area contributed by atoms with Crippen LogP contribution in [0.4, 0.5) is 8.78 Å². The van der Waals surface area contributed by atoms with Crippen LogP contribution in [0.2, 0.25) is 0 Å². The summed E-state index contributed by atoms with van der Waals surface area (Å²) in [5, 5.41) is 0. The lowest BCUT2D eigenvalue weighted by Crippen LogP contribution is -2.43. The zero-order chi connectivity index (χ0) is 32.1. The van der Waals surface area contributed by atoms with Crippen LogP contribution in [-0.4, -0.2) is 65.3 Å². The number of benzene rings is 3. The van der Waals surface area contributed by atoms with E-state index in [1.54, 1.807) is 54.4 Å². The van der Waals surface area contributed by atoms with Gasteiger partial charge in [0, 0.05) is 12.7 Å². The fourth-order valence-corrected chi connectivity index (χ4v) is 6.46. The molecule has 9 heteroatoms. The quantitative estimate of drug-likeness (QED) is 0.193. The predicted octanol–water partition coefficient (Wildman–Crippen LogP) is 6.34. The number of aliphatic imine (C=N–C) groups is 1. The third-order valence-corrected chi connectivity index (χ3v) is 8.81. The lowest BCUT2D eigenvalue weighted by molar-refractivity contribution is -0.130. The van der Waals surface area contributed by atoms with E-state index >= 15 is 0 Å². The summed E-state index contributed by atoms with van der Waals surface area (Å²) < 4.78 is 33.2. The van der Waals surface area contributed by atoms with Crippen LogP contribution in [-0.2, 0) is 15.1 Å². The first-order chi connectivity index (χ1) is 22.4. The van der Waals surface area contributed by atoms with Gasteiger partial charge >= 0.3 is 5.97 Å². The Morgan fingerprint density at radius 1 is 0.891 bits per heavy atom. The van der Waals surface area contributed by atoms with E-state index in [1.165, 1.54) is 24.3 Å². The third-order valence-electron chi connectivity index (χ3n) is 8.81. The molecule has 3 aromatic carbocycles. The van der Waals surface area contributed by atoms with Crippen molar-refractivity contribution in [2.45, 2.75) is 37.6 Å². The number of piperidine rings is 1. The van der Waals surface area contributed by atoms with Crippen molar-refractivity contribution in [2.24, 2.45) is 4.99 Å². The number of nitrogens with zero attached hydrogens (tertiary/aromatic N) is 4. The average molecular weight is 623 g/mol. The van der Waals surface area contributed by atoms with E-state index in [1.807, 2.05) is 24.3 Å². The van der Waals surface area contributed by atoms with Gasteiger partial charge in [-0.2, -0.15) is 0 Å². The Bertz CT molecular complexity index is 1660. The summed E-state index contributed by atoms with van der Waals surface area (Å²) in [5.74, 6) is -0.643. The first-order valence-electron chi connectivity index (χ1n) is 15.7. The number of amidine groups is 1. The molecule has 1 fully saturated rings. The Labute approximate surface area is 267 Å². The standard InChI is InChI=1S/C37H36F2N4O3/c1-2-46-35(44)28-8-5-7-27(25-28)26-18-23-42(24-19-26)21-6-22-43-34(33-9-3-4-20-40-33)41-37(36(43)45,29-10-14-31(38)15-11-29)30-12-16-32(39)17-13-30/h3-5,7-17,20,25-26H,2,6,18-19,21-24H2,1H3. The van der Waals surface area contributed by atoms with E-state index in [0.29, 0.717) is 53.7 Å². The van der Waals surface area contributed by atoms with Crippen LogP contribution in [0.5, 0.6) is 0 Å². The van der Waals surface area contributed by atoms with Crippen molar-refractivity contribution in [3.63, 3.8) is 0 Å². The number of carbonyl (C=O) groups excluding carboxylic acids is 2. The minimum absolute atomic E-state index is 0.286. The van der Waals surface area contributed by atoms with Crippen molar-refractivity contribution in [2.75, 3.05) is 32.8 Å². The summed E-state index contributed by atoms with van der Waals surface area (Å²) in [5.41, 5.74) is 1.77. The van der Waals surface area contributed by atoms with Crippen molar-refractivity contribution in [3.05, 3.63) is 137 Å². The molecule has 236 valence electrons. The molecule has 1 saturated heterocycles. The molecular formula is C37H36F2N4O3. The number of hydrogen-bond acceptors (Lipinski definition) is 6. The predicted molar refractivity (Wildman–Crippen MR) is 171 cm³/mol. The monoisotopic (exact) mass is 622 g/mol. The fourth-order valence-electron chi connectivity index (χ4n) is 6.46. The summed E-state index contributed by atoms with van der Waals surface area (Å²) in [6.45, 7) is 5.14. The summed E-state index contributed by atoms with van der Waals surface area (Å²) in [6, 6.07) is 24.7. The second kappa shape index (κ2) is 13.7. The van der Waals surface area contributed by atoms with Gasteiger partial charge in [-0.05, 0) is 117 Å². The molecule has 3 heterocycles. The number of carbonyl (C=O) groups is 2. The largest absolute Gasteiger partial charge is 0.462 e. The minimum atomic E-state index is -1.51. The van der Waals surface area contributed by atoms with Crippen LogP contribution >= 0.6 is 0 Å². The van der Waals surface area contributed by atoms with Gasteiger partial charge < -0.3 is 9.64 Å². The molecule has 4 aromatic rings. The number of hydrogen-bond donors (Lipinski definition) is 0. The van der Waals surface area contributed by atoms with E-state index in [0.717, 1.165) is 38.0 Å². The van der Waals surface area contributed by atoms with Gasteiger partial charge in [0.2, 0.25) is 0 Å².